The molecule has 1 aliphatic rings. The van der Waals surface area contributed by atoms with E-state index in [1.54, 1.807) is 0 Å². The molecule has 5 rings (SSSR count). The molecule has 0 bridgehead atoms. The average molecular weight is 385 g/mol. The highest BCUT2D eigenvalue weighted by Gasteiger charge is 2.35. The molecule has 4 heteroatoms. The minimum absolute atomic E-state index is 0.133. The third-order valence-electron chi connectivity index (χ3n) is 5.58. The molecule has 4 aromatic rings. The van der Waals surface area contributed by atoms with Crippen LogP contribution in [0.25, 0.3) is 21.7 Å². The maximum atomic E-state index is 13.1. The summed E-state index contributed by atoms with van der Waals surface area (Å²) in [5, 5.41) is 6.33. The molecule has 3 aromatic carbocycles. The third-order valence-corrected chi connectivity index (χ3v) is 5.58. The molecule has 1 N–H and O–H groups in total. The molecular formula is C25H23NO3. The van der Waals surface area contributed by atoms with Crippen molar-refractivity contribution in [3.05, 3.63) is 77.6 Å². The molecule has 1 aliphatic heterocycles. The van der Waals surface area contributed by atoms with Crippen molar-refractivity contribution >= 4 is 27.6 Å². The van der Waals surface area contributed by atoms with E-state index in [9.17, 15) is 4.79 Å². The van der Waals surface area contributed by atoms with Crippen LogP contribution in [0.4, 0.5) is 0 Å². The number of amides is 1. The summed E-state index contributed by atoms with van der Waals surface area (Å²) in [6, 6.07) is 19.9. The van der Waals surface area contributed by atoms with Gasteiger partial charge in [-0.05, 0) is 55.3 Å². The van der Waals surface area contributed by atoms with Gasteiger partial charge in [-0.1, -0.05) is 42.5 Å². The lowest BCUT2D eigenvalue weighted by Gasteiger charge is -2.38. The highest BCUT2D eigenvalue weighted by Crippen LogP contribution is 2.40. The molecule has 0 saturated carbocycles. The summed E-state index contributed by atoms with van der Waals surface area (Å²) in [5.74, 6) is 0.955. The molecule has 1 unspecified atom stereocenters. The van der Waals surface area contributed by atoms with E-state index in [0.717, 1.165) is 38.6 Å². The summed E-state index contributed by atoms with van der Waals surface area (Å²) >= 11 is 0. The first-order valence-corrected chi connectivity index (χ1v) is 9.91. The second-order valence-corrected chi connectivity index (χ2v) is 8.44. The highest BCUT2D eigenvalue weighted by atomic mass is 16.5. The van der Waals surface area contributed by atoms with E-state index >= 15 is 0 Å². The van der Waals surface area contributed by atoms with Crippen LogP contribution < -0.4 is 10.1 Å². The van der Waals surface area contributed by atoms with Gasteiger partial charge >= 0.3 is 0 Å². The molecular weight excluding hydrogens is 362 g/mol. The van der Waals surface area contributed by atoms with Crippen molar-refractivity contribution < 1.29 is 13.9 Å². The Kier molecular flexibility index (Phi) is 3.91. The van der Waals surface area contributed by atoms with Crippen molar-refractivity contribution in [1.82, 2.24) is 5.32 Å². The molecule has 1 atom stereocenters. The minimum atomic E-state index is -0.358. The summed E-state index contributed by atoms with van der Waals surface area (Å²) in [4.78, 5) is 13.1. The number of aryl methyl sites for hydroxylation is 1. The summed E-state index contributed by atoms with van der Waals surface area (Å²) in [5.41, 5.74) is 2.50. The van der Waals surface area contributed by atoms with Gasteiger partial charge in [0.05, 0.1) is 6.04 Å². The normalized spacial score (nSPS) is 17.7. The van der Waals surface area contributed by atoms with E-state index in [0.29, 0.717) is 12.2 Å². The zero-order valence-corrected chi connectivity index (χ0v) is 16.8. The molecule has 1 aromatic heterocycles. The predicted molar refractivity (Wildman–Crippen MR) is 114 cm³/mol. The van der Waals surface area contributed by atoms with Gasteiger partial charge in [0, 0.05) is 17.4 Å². The largest absolute Gasteiger partial charge is 0.487 e. The van der Waals surface area contributed by atoms with E-state index in [-0.39, 0.29) is 17.6 Å². The maximum Gasteiger partial charge on any atom is 0.287 e. The Bertz CT molecular complexity index is 1250. The van der Waals surface area contributed by atoms with Crippen molar-refractivity contribution in [2.75, 3.05) is 0 Å². The summed E-state index contributed by atoms with van der Waals surface area (Å²) in [7, 11) is 0. The molecule has 0 saturated heterocycles. The van der Waals surface area contributed by atoms with Crippen molar-refractivity contribution in [2.45, 2.75) is 38.8 Å². The Morgan fingerprint density at radius 1 is 1.03 bits per heavy atom. The molecule has 2 heterocycles. The van der Waals surface area contributed by atoms with Gasteiger partial charge in [-0.3, -0.25) is 4.79 Å². The summed E-state index contributed by atoms with van der Waals surface area (Å²) < 4.78 is 12.0. The number of benzene rings is 3. The standard InChI is InChI=1S/C25H23NO3/c1-15-8-10-18-20(14-25(2,3)29-22(18)12-15)26-24(27)23-13-19-17-7-5-4-6-16(17)9-11-21(19)28-23/h4-13,20H,14H2,1-3H3,(H,26,27). The van der Waals surface area contributed by atoms with Gasteiger partial charge in [0.2, 0.25) is 0 Å². The van der Waals surface area contributed by atoms with E-state index < -0.39 is 0 Å². The van der Waals surface area contributed by atoms with Gasteiger partial charge in [-0.2, -0.15) is 0 Å². The van der Waals surface area contributed by atoms with Crippen LogP contribution in [0.1, 0.15) is 48.0 Å². The maximum absolute atomic E-state index is 13.1. The second kappa shape index (κ2) is 6.38. The highest BCUT2D eigenvalue weighted by molar-refractivity contribution is 6.08. The first-order chi connectivity index (χ1) is 13.9. The van der Waals surface area contributed by atoms with Crippen LogP contribution in [-0.2, 0) is 0 Å². The number of hydrogen-bond donors (Lipinski definition) is 1. The minimum Gasteiger partial charge on any atom is -0.487 e. The van der Waals surface area contributed by atoms with Crippen molar-refractivity contribution in [3.63, 3.8) is 0 Å². The number of fused-ring (bicyclic) bond motifs is 4. The van der Waals surface area contributed by atoms with Gasteiger partial charge in [0.15, 0.2) is 5.76 Å². The first kappa shape index (κ1) is 17.8. The molecule has 0 aliphatic carbocycles. The van der Waals surface area contributed by atoms with Crippen LogP contribution in [0, 0.1) is 6.92 Å². The Morgan fingerprint density at radius 2 is 1.86 bits per heavy atom. The quantitative estimate of drug-likeness (QED) is 0.465. The number of furan rings is 1. The molecule has 0 fully saturated rings. The number of carbonyl (C=O) groups is 1. The smallest absolute Gasteiger partial charge is 0.287 e. The number of ether oxygens (including phenoxy) is 1. The van der Waals surface area contributed by atoms with Crippen LogP contribution in [0.15, 0.2) is 65.1 Å². The fraction of sp³-hybridized carbons (Fsp3) is 0.240. The Morgan fingerprint density at radius 3 is 2.72 bits per heavy atom. The zero-order valence-electron chi connectivity index (χ0n) is 16.8. The second-order valence-electron chi connectivity index (χ2n) is 8.44. The Labute approximate surface area is 169 Å². The Balaban J connectivity index is 1.50. The zero-order chi connectivity index (χ0) is 20.2. The topological polar surface area (TPSA) is 51.5 Å². The fourth-order valence-corrected chi connectivity index (χ4v) is 4.22. The van der Waals surface area contributed by atoms with E-state index in [1.165, 1.54) is 0 Å². The van der Waals surface area contributed by atoms with Crippen LogP contribution in [-0.4, -0.2) is 11.5 Å². The Hall–Kier alpha value is -3.27. The van der Waals surface area contributed by atoms with Crippen LogP contribution in [0.2, 0.25) is 0 Å². The molecule has 4 nitrogen and oxygen atoms in total. The van der Waals surface area contributed by atoms with Crippen molar-refractivity contribution in [3.8, 4) is 5.75 Å². The van der Waals surface area contributed by atoms with E-state index in [2.05, 4.69) is 17.4 Å². The number of rotatable bonds is 2. The van der Waals surface area contributed by atoms with Crippen LogP contribution >= 0.6 is 0 Å². The molecule has 1 amide bonds. The summed E-state index contributed by atoms with van der Waals surface area (Å²) in [6.45, 7) is 6.13. The van der Waals surface area contributed by atoms with Gasteiger partial charge in [-0.25, -0.2) is 0 Å². The number of carbonyl (C=O) groups excluding carboxylic acids is 1. The molecule has 0 spiro atoms. The van der Waals surface area contributed by atoms with Crippen LogP contribution in [0.3, 0.4) is 0 Å². The average Bonchev–Trinajstić information content (AvgIpc) is 3.12. The van der Waals surface area contributed by atoms with Crippen molar-refractivity contribution in [1.29, 1.82) is 0 Å². The predicted octanol–water partition coefficient (Wildman–Crippen LogP) is 5.93. The van der Waals surface area contributed by atoms with E-state index in [1.807, 2.05) is 69.3 Å². The summed E-state index contributed by atoms with van der Waals surface area (Å²) in [6.07, 6.45) is 0.692. The molecule has 146 valence electrons. The number of nitrogens with one attached hydrogen (secondary N) is 1. The molecule has 0 radical (unpaired) electrons. The SMILES string of the molecule is Cc1ccc2c(c1)OC(C)(C)CC2NC(=O)c1cc2c(ccc3ccccc32)o1. The molecule has 29 heavy (non-hydrogen) atoms. The van der Waals surface area contributed by atoms with Gasteiger partial charge in [-0.15, -0.1) is 0 Å². The fourth-order valence-electron chi connectivity index (χ4n) is 4.22. The van der Waals surface area contributed by atoms with Crippen LogP contribution in [0.5, 0.6) is 5.75 Å². The number of hydrogen-bond acceptors (Lipinski definition) is 3. The third kappa shape index (κ3) is 3.15. The lowest BCUT2D eigenvalue weighted by atomic mass is 9.89. The first-order valence-electron chi connectivity index (χ1n) is 9.91. The van der Waals surface area contributed by atoms with E-state index in [4.69, 9.17) is 9.15 Å². The van der Waals surface area contributed by atoms with Crippen molar-refractivity contribution in [2.24, 2.45) is 0 Å². The monoisotopic (exact) mass is 385 g/mol. The van der Waals surface area contributed by atoms with Gasteiger partial charge < -0.3 is 14.5 Å². The lowest BCUT2D eigenvalue weighted by Crippen LogP contribution is -2.41. The van der Waals surface area contributed by atoms with Gasteiger partial charge in [0.25, 0.3) is 5.91 Å². The van der Waals surface area contributed by atoms with Gasteiger partial charge in [0.1, 0.15) is 16.9 Å². The lowest BCUT2D eigenvalue weighted by molar-refractivity contribution is 0.0611.